The standard InChI is InChI=1S/C24H22ClFN4O4S/c25-16-8-10-17(11-9-16)28-24(32)30-14-4-7-20(30)23(31)29-19-13-12-18(15-5-2-1-3-6-15)22(21(19)26)35(27,33)34/h1-3,5-6,8-13,20H,4,7,14H2,(H,28,32)(H,29,31)(H2,27,33,34). The molecule has 0 aromatic heterocycles. The second-order valence-electron chi connectivity index (χ2n) is 7.99. The summed E-state index contributed by atoms with van der Waals surface area (Å²) in [5.41, 5.74) is 0.692. The lowest BCUT2D eigenvalue weighted by Gasteiger charge is -2.24. The number of nitrogens with zero attached hydrogens (tertiary/aromatic N) is 1. The van der Waals surface area contributed by atoms with Gasteiger partial charge < -0.3 is 15.5 Å². The van der Waals surface area contributed by atoms with Gasteiger partial charge in [-0.3, -0.25) is 4.79 Å². The largest absolute Gasteiger partial charge is 0.322 e. The van der Waals surface area contributed by atoms with Gasteiger partial charge in [-0.2, -0.15) is 0 Å². The van der Waals surface area contributed by atoms with Crippen molar-refractivity contribution in [2.75, 3.05) is 17.2 Å². The topological polar surface area (TPSA) is 122 Å². The smallest absolute Gasteiger partial charge is 0.322 e. The first-order valence-electron chi connectivity index (χ1n) is 10.7. The van der Waals surface area contributed by atoms with Gasteiger partial charge >= 0.3 is 6.03 Å². The molecule has 0 spiro atoms. The molecule has 1 unspecified atom stereocenters. The molecule has 1 heterocycles. The summed E-state index contributed by atoms with van der Waals surface area (Å²) < 4.78 is 39.8. The molecule has 11 heteroatoms. The highest BCUT2D eigenvalue weighted by molar-refractivity contribution is 7.89. The minimum atomic E-state index is -4.46. The number of nitrogens with two attached hydrogens (primary N) is 1. The third-order valence-electron chi connectivity index (χ3n) is 5.64. The molecule has 35 heavy (non-hydrogen) atoms. The number of hydrogen-bond donors (Lipinski definition) is 3. The minimum absolute atomic E-state index is 0.0773. The van der Waals surface area contributed by atoms with Gasteiger partial charge in [-0.1, -0.05) is 48.0 Å². The van der Waals surface area contributed by atoms with Crippen LogP contribution in [0.25, 0.3) is 11.1 Å². The number of benzene rings is 3. The molecule has 1 atom stereocenters. The number of carbonyl (C=O) groups is 2. The van der Waals surface area contributed by atoms with Crippen molar-refractivity contribution in [2.24, 2.45) is 5.14 Å². The van der Waals surface area contributed by atoms with Crippen LogP contribution in [0.4, 0.5) is 20.6 Å². The van der Waals surface area contributed by atoms with E-state index in [1.807, 2.05) is 0 Å². The Labute approximate surface area is 206 Å². The van der Waals surface area contributed by atoms with Crippen molar-refractivity contribution in [3.8, 4) is 11.1 Å². The molecule has 1 aliphatic heterocycles. The fraction of sp³-hybridized carbons (Fsp3) is 0.167. The van der Waals surface area contributed by atoms with Crippen LogP contribution in [-0.4, -0.2) is 37.8 Å². The molecule has 0 aliphatic carbocycles. The summed E-state index contributed by atoms with van der Waals surface area (Å²) in [4.78, 5) is 26.4. The van der Waals surface area contributed by atoms with E-state index >= 15 is 4.39 Å². The summed E-state index contributed by atoms with van der Waals surface area (Å²) in [6.45, 7) is 0.329. The fourth-order valence-electron chi connectivity index (χ4n) is 4.00. The molecule has 3 aromatic rings. The van der Waals surface area contributed by atoms with Crippen molar-refractivity contribution < 1.29 is 22.4 Å². The zero-order chi connectivity index (χ0) is 25.2. The lowest BCUT2D eigenvalue weighted by molar-refractivity contribution is -0.119. The summed E-state index contributed by atoms with van der Waals surface area (Å²) in [6.07, 6.45) is 0.940. The van der Waals surface area contributed by atoms with Gasteiger partial charge in [0.1, 0.15) is 10.9 Å². The highest BCUT2D eigenvalue weighted by atomic mass is 35.5. The molecular weight excluding hydrogens is 495 g/mol. The Morgan fingerprint density at radius 3 is 2.34 bits per heavy atom. The lowest BCUT2D eigenvalue weighted by atomic mass is 10.0. The van der Waals surface area contributed by atoms with Gasteiger partial charge in [0.25, 0.3) is 0 Å². The van der Waals surface area contributed by atoms with Gasteiger partial charge in [0.2, 0.25) is 15.9 Å². The minimum Gasteiger partial charge on any atom is -0.322 e. The van der Waals surface area contributed by atoms with Crippen LogP contribution in [0.2, 0.25) is 5.02 Å². The highest BCUT2D eigenvalue weighted by Gasteiger charge is 2.35. The van der Waals surface area contributed by atoms with E-state index in [1.54, 1.807) is 54.6 Å². The van der Waals surface area contributed by atoms with Gasteiger partial charge in [-0.15, -0.1) is 0 Å². The molecule has 4 rings (SSSR count). The average Bonchev–Trinajstić information content (AvgIpc) is 3.32. The first-order chi connectivity index (χ1) is 16.6. The molecular formula is C24H22ClFN4O4S. The molecule has 8 nitrogen and oxygen atoms in total. The summed E-state index contributed by atoms with van der Waals surface area (Å²) >= 11 is 5.86. The SMILES string of the molecule is NS(=O)(=O)c1c(-c2ccccc2)ccc(NC(=O)C2CCCN2C(=O)Nc2ccc(Cl)cc2)c1F. The maximum absolute atomic E-state index is 15.4. The van der Waals surface area contributed by atoms with E-state index < -0.39 is 38.7 Å². The van der Waals surface area contributed by atoms with Crippen LogP contribution in [0.15, 0.2) is 71.6 Å². The van der Waals surface area contributed by atoms with Gasteiger partial charge in [0, 0.05) is 22.8 Å². The first kappa shape index (κ1) is 24.6. The molecule has 3 aromatic carbocycles. The molecule has 0 radical (unpaired) electrons. The van der Waals surface area contributed by atoms with Crippen LogP contribution >= 0.6 is 11.6 Å². The molecule has 3 amide bonds. The molecule has 1 saturated heterocycles. The number of hydrogen-bond acceptors (Lipinski definition) is 4. The summed E-state index contributed by atoms with van der Waals surface area (Å²) in [6, 6.07) is 16.1. The van der Waals surface area contributed by atoms with Crippen LogP contribution in [0, 0.1) is 5.82 Å². The number of sulfonamides is 1. The predicted molar refractivity (Wildman–Crippen MR) is 132 cm³/mol. The quantitative estimate of drug-likeness (QED) is 0.464. The molecule has 1 aliphatic rings. The summed E-state index contributed by atoms with van der Waals surface area (Å²) in [5.74, 6) is -1.81. The number of amides is 3. The van der Waals surface area contributed by atoms with E-state index in [-0.39, 0.29) is 11.3 Å². The number of carbonyl (C=O) groups excluding carboxylic acids is 2. The van der Waals surface area contributed by atoms with Gasteiger partial charge in [-0.25, -0.2) is 22.7 Å². The molecule has 0 bridgehead atoms. The zero-order valence-corrected chi connectivity index (χ0v) is 19.9. The van der Waals surface area contributed by atoms with Crippen LogP contribution in [0.1, 0.15) is 12.8 Å². The Morgan fingerprint density at radius 2 is 1.69 bits per heavy atom. The molecule has 0 saturated carbocycles. The van der Waals surface area contributed by atoms with Gasteiger partial charge in [-0.05, 0) is 48.7 Å². The normalized spacial score (nSPS) is 15.6. The Morgan fingerprint density at radius 1 is 1.00 bits per heavy atom. The second-order valence-corrected chi connectivity index (χ2v) is 9.93. The van der Waals surface area contributed by atoms with Crippen LogP contribution in [-0.2, 0) is 14.8 Å². The lowest BCUT2D eigenvalue weighted by Crippen LogP contribution is -2.45. The van der Waals surface area contributed by atoms with E-state index in [0.29, 0.717) is 35.7 Å². The van der Waals surface area contributed by atoms with Crippen LogP contribution < -0.4 is 15.8 Å². The van der Waals surface area contributed by atoms with Crippen molar-refractivity contribution in [2.45, 2.75) is 23.8 Å². The number of halogens is 2. The van der Waals surface area contributed by atoms with Crippen LogP contribution in [0.5, 0.6) is 0 Å². The molecule has 1 fully saturated rings. The highest BCUT2D eigenvalue weighted by Crippen LogP contribution is 2.33. The number of likely N-dealkylation sites (tertiary alicyclic amines) is 1. The number of rotatable bonds is 5. The third-order valence-corrected chi connectivity index (χ3v) is 6.86. The Balaban J connectivity index is 1.57. The number of urea groups is 1. The van der Waals surface area contributed by atoms with Crippen molar-refractivity contribution in [1.29, 1.82) is 0 Å². The first-order valence-corrected chi connectivity index (χ1v) is 12.6. The Bertz CT molecular complexity index is 1370. The average molecular weight is 517 g/mol. The van der Waals surface area contributed by atoms with E-state index in [9.17, 15) is 18.0 Å². The Hall–Kier alpha value is -3.47. The van der Waals surface area contributed by atoms with Crippen molar-refractivity contribution in [3.05, 3.63) is 77.6 Å². The fourth-order valence-corrected chi connectivity index (χ4v) is 4.98. The molecule has 4 N–H and O–H groups in total. The maximum atomic E-state index is 15.4. The van der Waals surface area contributed by atoms with Crippen molar-refractivity contribution >= 4 is 44.9 Å². The van der Waals surface area contributed by atoms with E-state index in [2.05, 4.69) is 10.6 Å². The Kier molecular flexibility index (Phi) is 7.06. The van der Waals surface area contributed by atoms with Gasteiger partial charge in [0.15, 0.2) is 5.82 Å². The van der Waals surface area contributed by atoms with Crippen molar-refractivity contribution in [1.82, 2.24) is 4.90 Å². The zero-order valence-electron chi connectivity index (χ0n) is 18.4. The summed E-state index contributed by atoms with van der Waals surface area (Å²) in [7, 11) is -4.46. The van der Waals surface area contributed by atoms with Crippen molar-refractivity contribution in [3.63, 3.8) is 0 Å². The van der Waals surface area contributed by atoms with E-state index in [0.717, 1.165) is 0 Å². The van der Waals surface area contributed by atoms with Crippen LogP contribution in [0.3, 0.4) is 0 Å². The van der Waals surface area contributed by atoms with E-state index in [4.69, 9.17) is 16.7 Å². The monoisotopic (exact) mass is 516 g/mol. The number of primary sulfonamides is 1. The molecule has 182 valence electrons. The second kappa shape index (κ2) is 10.0. The number of anilines is 2. The van der Waals surface area contributed by atoms with Gasteiger partial charge in [0.05, 0.1) is 5.69 Å². The third kappa shape index (κ3) is 5.45. The summed E-state index contributed by atoms with van der Waals surface area (Å²) in [5, 5.41) is 11.0. The predicted octanol–water partition coefficient (Wildman–Crippen LogP) is 4.43. The number of nitrogens with one attached hydrogen (secondary N) is 2. The van der Waals surface area contributed by atoms with E-state index in [1.165, 1.54) is 17.0 Å². The maximum Gasteiger partial charge on any atom is 0.322 e.